The van der Waals surface area contributed by atoms with Crippen molar-refractivity contribution in [2.24, 2.45) is 4.99 Å². The number of nitrogens with zero attached hydrogens (tertiary/aromatic N) is 5. The molecule has 0 saturated carbocycles. The Morgan fingerprint density at radius 3 is 2.57 bits per heavy atom. The normalized spacial score (nSPS) is 16.4. The summed E-state index contributed by atoms with van der Waals surface area (Å²) < 4.78 is 0. The molecule has 162 valence electrons. The first-order chi connectivity index (χ1) is 14.7. The fourth-order valence-corrected chi connectivity index (χ4v) is 3.61. The molecular formula is C23H35N7. The highest BCUT2D eigenvalue weighted by Gasteiger charge is 2.18. The number of piperazine rings is 1. The van der Waals surface area contributed by atoms with Crippen LogP contribution in [0.15, 0.2) is 47.7 Å². The Labute approximate surface area is 180 Å². The molecule has 1 aromatic carbocycles. The SMILES string of the molecule is CCNC(=NCC(C)c1cccc(C)c1)NCCN1CCN(c2ncccn2)CC1. The third-order valence-corrected chi connectivity index (χ3v) is 5.41. The molecule has 1 aliphatic rings. The first kappa shape index (κ1) is 22.0. The molecule has 0 amide bonds. The maximum absolute atomic E-state index is 4.80. The van der Waals surface area contributed by atoms with Gasteiger partial charge in [-0.05, 0) is 25.5 Å². The van der Waals surface area contributed by atoms with Crippen molar-refractivity contribution >= 4 is 11.9 Å². The summed E-state index contributed by atoms with van der Waals surface area (Å²) in [5.74, 6) is 2.13. The number of aliphatic imine (C=N–C) groups is 1. The largest absolute Gasteiger partial charge is 0.357 e. The van der Waals surface area contributed by atoms with Crippen LogP contribution in [0.3, 0.4) is 0 Å². The van der Waals surface area contributed by atoms with Crippen molar-refractivity contribution in [1.29, 1.82) is 0 Å². The summed E-state index contributed by atoms with van der Waals surface area (Å²) in [5.41, 5.74) is 2.64. The summed E-state index contributed by atoms with van der Waals surface area (Å²) in [6.45, 7) is 14.0. The van der Waals surface area contributed by atoms with E-state index in [1.54, 1.807) is 12.4 Å². The van der Waals surface area contributed by atoms with E-state index >= 15 is 0 Å². The number of anilines is 1. The summed E-state index contributed by atoms with van der Waals surface area (Å²) in [7, 11) is 0. The third-order valence-electron chi connectivity index (χ3n) is 5.41. The van der Waals surface area contributed by atoms with Crippen molar-refractivity contribution in [2.45, 2.75) is 26.7 Å². The molecule has 1 aromatic heterocycles. The highest BCUT2D eigenvalue weighted by molar-refractivity contribution is 5.79. The van der Waals surface area contributed by atoms with Gasteiger partial charge < -0.3 is 15.5 Å². The molecule has 1 atom stereocenters. The van der Waals surface area contributed by atoms with Gasteiger partial charge in [0.1, 0.15) is 0 Å². The molecule has 0 spiro atoms. The molecule has 2 aromatic rings. The molecule has 30 heavy (non-hydrogen) atoms. The topological polar surface area (TPSA) is 68.7 Å². The molecule has 0 aliphatic carbocycles. The number of rotatable bonds is 8. The monoisotopic (exact) mass is 409 g/mol. The van der Waals surface area contributed by atoms with Gasteiger partial charge in [0.15, 0.2) is 5.96 Å². The molecule has 2 N–H and O–H groups in total. The van der Waals surface area contributed by atoms with Crippen molar-refractivity contribution < 1.29 is 0 Å². The fourth-order valence-electron chi connectivity index (χ4n) is 3.61. The Bertz CT molecular complexity index is 785. The average Bonchev–Trinajstić information content (AvgIpc) is 2.78. The van der Waals surface area contributed by atoms with Crippen LogP contribution in [0, 0.1) is 6.92 Å². The van der Waals surface area contributed by atoms with Crippen LogP contribution in [0.25, 0.3) is 0 Å². The number of benzene rings is 1. The molecule has 7 nitrogen and oxygen atoms in total. The molecule has 1 saturated heterocycles. The second-order valence-electron chi connectivity index (χ2n) is 7.84. The number of hydrogen-bond acceptors (Lipinski definition) is 5. The molecular weight excluding hydrogens is 374 g/mol. The Hall–Kier alpha value is -2.67. The Morgan fingerprint density at radius 2 is 1.87 bits per heavy atom. The van der Waals surface area contributed by atoms with E-state index < -0.39 is 0 Å². The molecule has 0 bridgehead atoms. The van der Waals surface area contributed by atoms with Crippen molar-refractivity contribution in [3.05, 3.63) is 53.9 Å². The first-order valence-corrected chi connectivity index (χ1v) is 11.0. The van der Waals surface area contributed by atoms with Crippen LogP contribution in [0.1, 0.15) is 30.9 Å². The Kier molecular flexibility index (Phi) is 8.44. The fraction of sp³-hybridized carbons (Fsp3) is 0.522. The summed E-state index contributed by atoms with van der Waals surface area (Å²) in [5, 5.41) is 6.85. The van der Waals surface area contributed by atoms with E-state index in [-0.39, 0.29) is 0 Å². The standard InChI is InChI=1S/C23H35N7/c1-4-24-22(28-18-20(3)21-8-5-7-19(2)17-21)25-11-12-29-13-15-30(16-14-29)23-26-9-6-10-27-23/h5-10,17,20H,4,11-16,18H2,1-3H3,(H2,24,25,28). The average molecular weight is 410 g/mol. The predicted octanol–water partition coefficient (Wildman–Crippen LogP) is 2.27. The first-order valence-electron chi connectivity index (χ1n) is 11.0. The molecule has 7 heteroatoms. The zero-order chi connectivity index (χ0) is 21.2. The summed E-state index contributed by atoms with van der Waals surface area (Å²) in [6.07, 6.45) is 3.61. The van der Waals surface area contributed by atoms with Gasteiger partial charge >= 0.3 is 0 Å². The minimum absolute atomic E-state index is 0.397. The maximum Gasteiger partial charge on any atom is 0.225 e. The summed E-state index contributed by atoms with van der Waals surface area (Å²) in [4.78, 5) is 18.2. The van der Waals surface area contributed by atoms with Gasteiger partial charge in [-0.2, -0.15) is 0 Å². The van der Waals surface area contributed by atoms with Gasteiger partial charge in [-0.3, -0.25) is 9.89 Å². The number of guanidine groups is 1. The highest BCUT2D eigenvalue weighted by Crippen LogP contribution is 2.16. The van der Waals surface area contributed by atoms with Crippen LogP contribution in [-0.2, 0) is 0 Å². The van der Waals surface area contributed by atoms with Crippen molar-refractivity contribution in [3.8, 4) is 0 Å². The van der Waals surface area contributed by atoms with Crippen LogP contribution in [0.2, 0.25) is 0 Å². The van der Waals surface area contributed by atoms with Crippen LogP contribution in [-0.4, -0.2) is 73.2 Å². The number of nitrogens with one attached hydrogen (secondary N) is 2. The van der Waals surface area contributed by atoms with E-state index in [4.69, 9.17) is 4.99 Å². The van der Waals surface area contributed by atoms with E-state index in [1.807, 2.05) is 6.07 Å². The lowest BCUT2D eigenvalue weighted by atomic mass is 10.00. The van der Waals surface area contributed by atoms with E-state index in [0.717, 1.165) is 64.3 Å². The van der Waals surface area contributed by atoms with Crippen LogP contribution in [0.4, 0.5) is 5.95 Å². The van der Waals surface area contributed by atoms with Crippen LogP contribution < -0.4 is 15.5 Å². The van der Waals surface area contributed by atoms with Gasteiger partial charge in [0, 0.05) is 70.7 Å². The second kappa shape index (κ2) is 11.5. The molecule has 1 fully saturated rings. The Morgan fingerprint density at radius 1 is 1.10 bits per heavy atom. The zero-order valence-corrected chi connectivity index (χ0v) is 18.5. The van der Waals surface area contributed by atoms with Gasteiger partial charge in [0.25, 0.3) is 0 Å². The van der Waals surface area contributed by atoms with Crippen molar-refractivity contribution in [2.75, 3.05) is 57.3 Å². The van der Waals surface area contributed by atoms with Gasteiger partial charge in [-0.1, -0.05) is 36.8 Å². The third kappa shape index (κ3) is 6.69. The smallest absolute Gasteiger partial charge is 0.225 e. The predicted molar refractivity (Wildman–Crippen MR) is 124 cm³/mol. The van der Waals surface area contributed by atoms with Crippen molar-refractivity contribution in [3.63, 3.8) is 0 Å². The minimum atomic E-state index is 0.397. The van der Waals surface area contributed by atoms with Crippen LogP contribution >= 0.6 is 0 Å². The summed E-state index contributed by atoms with van der Waals surface area (Å²) >= 11 is 0. The zero-order valence-electron chi connectivity index (χ0n) is 18.5. The maximum atomic E-state index is 4.80. The van der Waals surface area contributed by atoms with Gasteiger partial charge in [-0.15, -0.1) is 0 Å². The van der Waals surface area contributed by atoms with E-state index in [9.17, 15) is 0 Å². The second-order valence-corrected chi connectivity index (χ2v) is 7.84. The lowest BCUT2D eigenvalue weighted by Gasteiger charge is -2.34. The molecule has 3 rings (SSSR count). The molecule has 1 aliphatic heterocycles. The lowest BCUT2D eigenvalue weighted by Crippen LogP contribution is -2.49. The van der Waals surface area contributed by atoms with Gasteiger partial charge in [0.05, 0.1) is 0 Å². The van der Waals surface area contributed by atoms with Gasteiger partial charge in [0.2, 0.25) is 5.95 Å². The molecule has 2 heterocycles. The minimum Gasteiger partial charge on any atom is -0.357 e. The Balaban J connectivity index is 1.42. The quantitative estimate of drug-likeness (QED) is 0.515. The van der Waals surface area contributed by atoms with Crippen molar-refractivity contribution in [1.82, 2.24) is 25.5 Å². The molecule has 1 unspecified atom stereocenters. The number of aryl methyl sites for hydroxylation is 1. The van der Waals surface area contributed by atoms with Gasteiger partial charge in [-0.25, -0.2) is 9.97 Å². The van der Waals surface area contributed by atoms with E-state index in [0.29, 0.717) is 5.92 Å². The van der Waals surface area contributed by atoms with Crippen LogP contribution in [0.5, 0.6) is 0 Å². The lowest BCUT2D eigenvalue weighted by molar-refractivity contribution is 0.260. The summed E-state index contributed by atoms with van der Waals surface area (Å²) in [6, 6.07) is 10.6. The van der Waals surface area contributed by atoms with E-state index in [2.05, 4.69) is 75.4 Å². The molecule has 0 radical (unpaired) electrons. The van der Waals surface area contributed by atoms with E-state index in [1.165, 1.54) is 11.1 Å². The number of hydrogen-bond donors (Lipinski definition) is 2. The highest BCUT2D eigenvalue weighted by atomic mass is 15.3. The number of aromatic nitrogens is 2.